The molecule has 0 aromatic carbocycles. The molecule has 0 unspecified atom stereocenters. The third-order valence-corrected chi connectivity index (χ3v) is 4.47. The van der Waals surface area contributed by atoms with Gasteiger partial charge in [0, 0.05) is 12.4 Å². The standard InChI is InChI=1S/C14H10Cl2N4OS/c1-8-17-4-5-20(8)12-3-2-9(7-18-12)19-14(21)10-6-11(15)22-13(10)16/h2-7H,1H3,(H,19,21). The van der Waals surface area contributed by atoms with Crippen molar-refractivity contribution in [2.75, 3.05) is 5.32 Å². The highest BCUT2D eigenvalue weighted by molar-refractivity contribution is 7.20. The van der Waals surface area contributed by atoms with E-state index in [2.05, 4.69) is 15.3 Å². The van der Waals surface area contributed by atoms with E-state index in [-0.39, 0.29) is 5.91 Å². The zero-order chi connectivity index (χ0) is 15.7. The van der Waals surface area contributed by atoms with Crippen molar-refractivity contribution < 1.29 is 4.79 Å². The Balaban J connectivity index is 1.78. The van der Waals surface area contributed by atoms with Crippen LogP contribution in [0.15, 0.2) is 36.8 Å². The van der Waals surface area contributed by atoms with E-state index in [9.17, 15) is 4.79 Å². The average Bonchev–Trinajstić information content (AvgIpc) is 3.05. The number of carbonyl (C=O) groups excluding carboxylic acids is 1. The van der Waals surface area contributed by atoms with Gasteiger partial charge in [-0.15, -0.1) is 11.3 Å². The number of anilines is 1. The number of carbonyl (C=O) groups is 1. The van der Waals surface area contributed by atoms with Crippen molar-refractivity contribution in [3.63, 3.8) is 0 Å². The molecule has 0 aliphatic heterocycles. The van der Waals surface area contributed by atoms with Crippen molar-refractivity contribution in [3.05, 3.63) is 56.9 Å². The fraction of sp³-hybridized carbons (Fsp3) is 0.0714. The molecule has 3 aromatic rings. The summed E-state index contributed by atoms with van der Waals surface area (Å²) >= 11 is 13.0. The SMILES string of the molecule is Cc1nccn1-c1ccc(NC(=O)c2cc(Cl)sc2Cl)cn1. The number of thiophene rings is 1. The molecule has 0 spiro atoms. The molecule has 8 heteroatoms. The second-order valence-corrected chi connectivity index (χ2v) is 6.73. The Bertz CT molecular complexity index is 826. The van der Waals surface area contributed by atoms with Crippen LogP contribution in [-0.4, -0.2) is 20.4 Å². The third kappa shape index (κ3) is 2.99. The molecule has 0 aliphatic rings. The van der Waals surface area contributed by atoms with Crippen LogP contribution in [0.4, 0.5) is 5.69 Å². The second kappa shape index (κ2) is 6.08. The van der Waals surface area contributed by atoms with E-state index in [0.29, 0.717) is 19.9 Å². The molecule has 112 valence electrons. The van der Waals surface area contributed by atoms with E-state index in [1.54, 1.807) is 30.6 Å². The van der Waals surface area contributed by atoms with Gasteiger partial charge in [0.1, 0.15) is 16.0 Å². The lowest BCUT2D eigenvalue weighted by molar-refractivity contribution is 0.102. The van der Waals surface area contributed by atoms with Crippen LogP contribution in [0.25, 0.3) is 5.82 Å². The van der Waals surface area contributed by atoms with Crippen LogP contribution in [0, 0.1) is 6.92 Å². The lowest BCUT2D eigenvalue weighted by Gasteiger charge is -2.07. The molecule has 0 saturated heterocycles. The van der Waals surface area contributed by atoms with Crippen LogP contribution in [0.3, 0.4) is 0 Å². The fourth-order valence-electron chi connectivity index (χ4n) is 1.92. The van der Waals surface area contributed by atoms with E-state index < -0.39 is 0 Å². The summed E-state index contributed by atoms with van der Waals surface area (Å²) in [6.45, 7) is 1.89. The molecule has 5 nitrogen and oxygen atoms in total. The summed E-state index contributed by atoms with van der Waals surface area (Å²) in [5, 5.41) is 2.74. The zero-order valence-corrected chi connectivity index (χ0v) is 13.7. The highest BCUT2D eigenvalue weighted by atomic mass is 35.5. The summed E-state index contributed by atoms with van der Waals surface area (Å²) in [5.41, 5.74) is 0.927. The van der Waals surface area contributed by atoms with Crippen molar-refractivity contribution >= 4 is 46.1 Å². The van der Waals surface area contributed by atoms with Crippen molar-refractivity contribution in [2.45, 2.75) is 6.92 Å². The van der Waals surface area contributed by atoms with Crippen LogP contribution < -0.4 is 5.32 Å². The largest absolute Gasteiger partial charge is 0.321 e. The number of imidazole rings is 1. The molecule has 3 aromatic heterocycles. The van der Waals surface area contributed by atoms with Crippen LogP contribution in [0.5, 0.6) is 0 Å². The Labute approximate surface area is 140 Å². The number of nitrogens with zero attached hydrogens (tertiary/aromatic N) is 3. The Morgan fingerprint density at radius 3 is 2.68 bits per heavy atom. The van der Waals surface area contributed by atoms with Crippen LogP contribution in [0.1, 0.15) is 16.2 Å². The minimum Gasteiger partial charge on any atom is -0.321 e. The lowest BCUT2D eigenvalue weighted by Crippen LogP contribution is -2.11. The number of amides is 1. The molecular formula is C14H10Cl2N4OS. The maximum absolute atomic E-state index is 12.1. The van der Waals surface area contributed by atoms with Gasteiger partial charge in [-0.3, -0.25) is 9.36 Å². The first-order valence-corrected chi connectivity index (χ1v) is 7.84. The van der Waals surface area contributed by atoms with Crippen LogP contribution >= 0.6 is 34.5 Å². The number of halogens is 2. The fourth-order valence-corrected chi connectivity index (χ4v) is 3.37. The van der Waals surface area contributed by atoms with Crippen molar-refractivity contribution in [1.82, 2.24) is 14.5 Å². The highest BCUT2D eigenvalue weighted by Gasteiger charge is 2.14. The molecule has 0 saturated carbocycles. The zero-order valence-electron chi connectivity index (χ0n) is 11.4. The van der Waals surface area contributed by atoms with Gasteiger partial charge in [-0.25, -0.2) is 9.97 Å². The number of hydrogen-bond acceptors (Lipinski definition) is 4. The lowest BCUT2D eigenvalue weighted by atomic mass is 10.3. The molecule has 1 amide bonds. The molecule has 0 fully saturated rings. The van der Waals surface area contributed by atoms with Gasteiger partial charge in [0.15, 0.2) is 0 Å². The molecule has 0 bridgehead atoms. The van der Waals surface area contributed by atoms with E-state index in [1.165, 1.54) is 0 Å². The number of pyridine rings is 1. The maximum atomic E-state index is 12.1. The molecular weight excluding hydrogens is 343 g/mol. The summed E-state index contributed by atoms with van der Waals surface area (Å²) in [7, 11) is 0. The van der Waals surface area contributed by atoms with E-state index in [1.807, 2.05) is 17.7 Å². The maximum Gasteiger partial charge on any atom is 0.258 e. The molecule has 0 atom stereocenters. The smallest absolute Gasteiger partial charge is 0.258 e. The number of aromatic nitrogens is 3. The van der Waals surface area contributed by atoms with Crippen molar-refractivity contribution in [2.24, 2.45) is 0 Å². The molecule has 1 N–H and O–H groups in total. The monoisotopic (exact) mass is 352 g/mol. The highest BCUT2D eigenvalue weighted by Crippen LogP contribution is 2.31. The Morgan fingerprint density at radius 2 is 2.14 bits per heavy atom. The topological polar surface area (TPSA) is 59.8 Å². The van der Waals surface area contributed by atoms with Crippen molar-refractivity contribution in [1.29, 1.82) is 0 Å². The Morgan fingerprint density at radius 1 is 1.32 bits per heavy atom. The summed E-state index contributed by atoms with van der Waals surface area (Å²) in [6.07, 6.45) is 5.10. The second-order valence-electron chi connectivity index (χ2n) is 4.44. The van der Waals surface area contributed by atoms with Gasteiger partial charge in [-0.2, -0.15) is 0 Å². The summed E-state index contributed by atoms with van der Waals surface area (Å²) in [4.78, 5) is 20.6. The normalized spacial score (nSPS) is 10.7. The van der Waals surface area contributed by atoms with Crippen LogP contribution in [-0.2, 0) is 0 Å². The minimum absolute atomic E-state index is 0.318. The number of aryl methyl sites for hydroxylation is 1. The first-order chi connectivity index (χ1) is 10.5. The summed E-state index contributed by atoms with van der Waals surface area (Å²) < 4.78 is 2.68. The number of nitrogens with one attached hydrogen (secondary N) is 1. The van der Waals surface area contributed by atoms with E-state index in [4.69, 9.17) is 23.2 Å². The first-order valence-electron chi connectivity index (χ1n) is 6.27. The molecule has 3 rings (SSSR count). The van der Waals surface area contributed by atoms with Gasteiger partial charge >= 0.3 is 0 Å². The minimum atomic E-state index is -0.318. The molecule has 22 heavy (non-hydrogen) atoms. The predicted molar refractivity (Wildman–Crippen MR) is 88.4 cm³/mol. The van der Waals surface area contributed by atoms with Gasteiger partial charge in [0.2, 0.25) is 0 Å². The number of rotatable bonds is 3. The Hall–Kier alpha value is -1.89. The van der Waals surface area contributed by atoms with Gasteiger partial charge in [-0.05, 0) is 25.1 Å². The average molecular weight is 353 g/mol. The van der Waals surface area contributed by atoms with Crippen molar-refractivity contribution in [3.8, 4) is 5.82 Å². The summed E-state index contributed by atoms with van der Waals surface area (Å²) in [5.74, 6) is 1.25. The first kappa shape index (κ1) is 15.0. The molecule has 0 aliphatic carbocycles. The Kier molecular flexibility index (Phi) is 4.15. The molecule has 3 heterocycles. The quantitative estimate of drug-likeness (QED) is 0.768. The van der Waals surface area contributed by atoms with Gasteiger partial charge < -0.3 is 5.32 Å². The van der Waals surface area contributed by atoms with Gasteiger partial charge in [0.25, 0.3) is 5.91 Å². The van der Waals surface area contributed by atoms with E-state index >= 15 is 0 Å². The van der Waals surface area contributed by atoms with E-state index in [0.717, 1.165) is 23.0 Å². The number of hydrogen-bond donors (Lipinski definition) is 1. The van der Waals surface area contributed by atoms with Gasteiger partial charge in [-0.1, -0.05) is 23.2 Å². The van der Waals surface area contributed by atoms with Gasteiger partial charge in [0.05, 0.1) is 21.8 Å². The predicted octanol–water partition coefficient (Wildman–Crippen LogP) is 4.20. The summed E-state index contributed by atoms with van der Waals surface area (Å²) in [6, 6.07) is 5.11. The third-order valence-electron chi connectivity index (χ3n) is 2.98. The van der Waals surface area contributed by atoms with Crippen LogP contribution in [0.2, 0.25) is 8.67 Å². The molecule has 0 radical (unpaired) electrons.